The Kier molecular flexibility index (Phi) is 8.79. The first kappa shape index (κ1) is 25.0. The first-order valence-electron chi connectivity index (χ1n) is 10.1. The van der Waals surface area contributed by atoms with Crippen LogP contribution in [0.15, 0.2) is 47.4 Å². The van der Waals surface area contributed by atoms with Gasteiger partial charge in [-0.3, -0.25) is 9.59 Å². The molecule has 1 heterocycles. The van der Waals surface area contributed by atoms with Gasteiger partial charge in [-0.15, -0.1) is 11.3 Å². The number of sulfonamides is 1. The third-order valence-corrected chi connectivity index (χ3v) is 6.98. The number of carbonyl (C=O) groups is 2. The molecule has 0 aliphatic rings. The fraction of sp³-hybridized carbons (Fsp3) is 0.455. The van der Waals surface area contributed by atoms with Gasteiger partial charge in [0.1, 0.15) is 5.60 Å². The van der Waals surface area contributed by atoms with Crippen molar-refractivity contribution in [1.29, 1.82) is 0 Å². The third kappa shape index (κ3) is 8.80. The van der Waals surface area contributed by atoms with Gasteiger partial charge in [-0.05, 0) is 64.3 Å². The maximum Gasteiger partial charge on any atom is 0.308 e. The van der Waals surface area contributed by atoms with Crippen LogP contribution in [0.1, 0.15) is 62.3 Å². The van der Waals surface area contributed by atoms with Crippen LogP contribution < -0.4 is 4.72 Å². The van der Waals surface area contributed by atoms with Crippen LogP contribution in [0.3, 0.4) is 0 Å². The number of benzene rings is 1. The Bertz CT molecular complexity index is 977. The van der Waals surface area contributed by atoms with Crippen molar-refractivity contribution in [1.82, 2.24) is 4.72 Å². The van der Waals surface area contributed by atoms with Crippen molar-refractivity contribution in [3.05, 3.63) is 52.2 Å². The largest absolute Gasteiger partial charge is 0.481 e. The molecular weight excluding hydrogens is 438 g/mol. The summed E-state index contributed by atoms with van der Waals surface area (Å²) in [6, 6.07) is 10.9. The number of carboxylic acid groups (broad SMARTS) is 1. The van der Waals surface area contributed by atoms with E-state index in [1.54, 1.807) is 45.0 Å². The standard InChI is InChI=1S/C22H29NO6S2/c1-22(2,3)29-21(26)15-18(23-31(27,28)17-10-5-4-6-11-17)19-14-13-16(30-19)9-7-8-12-20(24)25/h4-6,10-11,13-14,18,23H,7-9,12,15H2,1-3H3,(H,24,25). The molecule has 7 nitrogen and oxygen atoms in total. The number of carboxylic acids is 1. The Morgan fingerprint density at radius 2 is 1.77 bits per heavy atom. The summed E-state index contributed by atoms with van der Waals surface area (Å²) in [4.78, 5) is 24.9. The molecule has 0 saturated carbocycles. The van der Waals surface area contributed by atoms with E-state index in [4.69, 9.17) is 9.84 Å². The maximum absolute atomic E-state index is 12.8. The van der Waals surface area contributed by atoms with Gasteiger partial charge in [-0.1, -0.05) is 18.2 Å². The van der Waals surface area contributed by atoms with Gasteiger partial charge >= 0.3 is 11.9 Å². The van der Waals surface area contributed by atoms with Gasteiger partial charge in [0.15, 0.2) is 0 Å². The Morgan fingerprint density at radius 3 is 2.39 bits per heavy atom. The Morgan fingerprint density at radius 1 is 1.10 bits per heavy atom. The van der Waals surface area contributed by atoms with Crippen molar-refractivity contribution in [2.24, 2.45) is 0 Å². The molecule has 0 spiro atoms. The second-order valence-electron chi connectivity index (χ2n) is 8.18. The molecule has 1 unspecified atom stereocenters. The smallest absolute Gasteiger partial charge is 0.308 e. The van der Waals surface area contributed by atoms with Crippen molar-refractivity contribution >= 4 is 33.3 Å². The number of unbranched alkanes of at least 4 members (excludes halogenated alkanes) is 1. The van der Waals surface area contributed by atoms with E-state index in [1.807, 2.05) is 6.07 Å². The lowest BCUT2D eigenvalue weighted by Gasteiger charge is -2.22. The lowest BCUT2D eigenvalue weighted by atomic mass is 10.1. The number of hydrogen-bond acceptors (Lipinski definition) is 6. The molecule has 31 heavy (non-hydrogen) atoms. The predicted octanol–water partition coefficient (Wildman–Crippen LogP) is 4.30. The number of aryl methyl sites for hydroxylation is 1. The molecule has 2 aromatic rings. The molecule has 9 heteroatoms. The van der Waals surface area contributed by atoms with Gasteiger partial charge in [0.25, 0.3) is 0 Å². The third-order valence-electron chi connectivity index (χ3n) is 4.23. The van der Waals surface area contributed by atoms with Gasteiger partial charge < -0.3 is 9.84 Å². The molecule has 1 aromatic carbocycles. The zero-order chi connectivity index (χ0) is 23.1. The van der Waals surface area contributed by atoms with Crippen molar-refractivity contribution in [2.75, 3.05) is 0 Å². The molecule has 0 radical (unpaired) electrons. The molecule has 0 fully saturated rings. The van der Waals surface area contributed by atoms with Gasteiger partial charge in [0.2, 0.25) is 10.0 Å². The van der Waals surface area contributed by atoms with Gasteiger partial charge in [-0.25, -0.2) is 13.1 Å². The Labute approximate surface area is 187 Å². The van der Waals surface area contributed by atoms with Crippen molar-refractivity contribution < 1.29 is 27.9 Å². The summed E-state index contributed by atoms with van der Waals surface area (Å²) in [7, 11) is -3.83. The summed E-state index contributed by atoms with van der Waals surface area (Å²) in [5.74, 6) is -1.32. The van der Waals surface area contributed by atoms with E-state index in [1.165, 1.54) is 23.5 Å². The highest BCUT2D eigenvalue weighted by molar-refractivity contribution is 7.89. The minimum absolute atomic E-state index is 0.120. The molecule has 170 valence electrons. The molecule has 1 atom stereocenters. The number of rotatable bonds is 11. The van der Waals surface area contributed by atoms with E-state index in [0.717, 1.165) is 11.3 Å². The number of ether oxygens (including phenoxy) is 1. The Balaban J connectivity index is 2.18. The summed E-state index contributed by atoms with van der Waals surface area (Å²) in [5, 5.41) is 8.75. The number of esters is 1. The molecule has 0 amide bonds. The van der Waals surface area contributed by atoms with Crippen molar-refractivity contribution in [2.45, 2.75) is 69.4 Å². The first-order valence-corrected chi connectivity index (χ1v) is 12.4. The second kappa shape index (κ2) is 10.9. The first-order chi connectivity index (χ1) is 14.5. The van der Waals surface area contributed by atoms with Crippen LogP contribution >= 0.6 is 11.3 Å². The van der Waals surface area contributed by atoms with Gasteiger partial charge in [0.05, 0.1) is 17.4 Å². The minimum Gasteiger partial charge on any atom is -0.481 e. The van der Waals surface area contributed by atoms with E-state index in [-0.39, 0.29) is 17.7 Å². The van der Waals surface area contributed by atoms with Gasteiger partial charge in [0, 0.05) is 16.2 Å². The average molecular weight is 468 g/mol. The molecule has 0 aliphatic carbocycles. The zero-order valence-electron chi connectivity index (χ0n) is 18.0. The van der Waals surface area contributed by atoms with Crippen LogP contribution in [0.2, 0.25) is 0 Å². The lowest BCUT2D eigenvalue weighted by Crippen LogP contribution is -2.32. The average Bonchev–Trinajstić information content (AvgIpc) is 3.12. The summed E-state index contributed by atoms with van der Waals surface area (Å²) in [6.45, 7) is 5.28. The minimum atomic E-state index is -3.83. The Hall–Kier alpha value is -2.23. The normalized spacial score (nSPS) is 13.0. The highest BCUT2D eigenvalue weighted by Crippen LogP contribution is 2.29. The lowest BCUT2D eigenvalue weighted by molar-refractivity contribution is -0.155. The number of aliphatic carboxylic acids is 1. The number of carbonyl (C=O) groups excluding carboxylic acids is 1. The monoisotopic (exact) mass is 467 g/mol. The molecule has 2 rings (SSSR count). The molecule has 0 aliphatic heterocycles. The number of nitrogens with one attached hydrogen (secondary N) is 1. The molecule has 0 saturated heterocycles. The zero-order valence-corrected chi connectivity index (χ0v) is 19.6. The molecule has 0 bridgehead atoms. The summed E-state index contributed by atoms with van der Waals surface area (Å²) < 4.78 is 33.7. The molecule has 2 N–H and O–H groups in total. The summed E-state index contributed by atoms with van der Waals surface area (Å²) in [6.07, 6.45) is 1.98. The highest BCUT2D eigenvalue weighted by atomic mass is 32.2. The molecular formula is C22H29NO6S2. The second-order valence-corrected chi connectivity index (χ2v) is 11.1. The van der Waals surface area contributed by atoms with Crippen molar-refractivity contribution in [3.63, 3.8) is 0 Å². The van der Waals surface area contributed by atoms with Gasteiger partial charge in [-0.2, -0.15) is 0 Å². The van der Waals surface area contributed by atoms with Crippen LogP contribution in [0, 0.1) is 0 Å². The number of thiophene rings is 1. The quantitative estimate of drug-likeness (QED) is 0.377. The van der Waals surface area contributed by atoms with E-state index in [0.29, 0.717) is 17.7 Å². The highest BCUT2D eigenvalue weighted by Gasteiger charge is 2.27. The van der Waals surface area contributed by atoms with E-state index < -0.39 is 33.6 Å². The van der Waals surface area contributed by atoms with Crippen LogP contribution in [-0.4, -0.2) is 31.1 Å². The van der Waals surface area contributed by atoms with Crippen LogP contribution in [0.4, 0.5) is 0 Å². The topological polar surface area (TPSA) is 110 Å². The van der Waals surface area contributed by atoms with Crippen LogP contribution in [-0.2, 0) is 30.8 Å². The van der Waals surface area contributed by atoms with E-state index in [9.17, 15) is 18.0 Å². The fourth-order valence-electron chi connectivity index (χ4n) is 2.90. The maximum atomic E-state index is 12.8. The SMILES string of the molecule is CC(C)(C)OC(=O)CC(NS(=O)(=O)c1ccccc1)c1ccc(CCCCC(=O)O)s1. The predicted molar refractivity (Wildman–Crippen MR) is 119 cm³/mol. The molecule has 1 aromatic heterocycles. The summed E-state index contributed by atoms with van der Waals surface area (Å²) >= 11 is 1.41. The van der Waals surface area contributed by atoms with E-state index in [2.05, 4.69) is 4.72 Å². The fourth-order valence-corrected chi connectivity index (χ4v) is 5.31. The van der Waals surface area contributed by atoms with Crippen LogP contribution in [0.5, 0.6) is 0 Å². The number of hydrogen-bond donors (Lipinski definition) is 2. The van der Waals surface area contributed by atoms with E-state index >= 15 is 0 Å². The summed E-state index contributed by atoms with van der Waals surface area (Å²) in [5.41, 5.74) is -0.676. The van der Waals surface area contributed by atoms with Crippen LogP contribution in [0.25, 0.3) is 0 Å². The van der Waals surface area contributed by atoms with Crippen molar-refractivity contribution in [3.8, 4) is 0 Å².